The van der Waals surface area contributed by atoms with Crippen molar-refractivity contribution in [3.05, 3.63) is 30.3 Å². The molecular weight excluding hydrogens is 406 g/mol. The van der Waals surface area contributed by atoms with Crippen LogP contribution >= 0.6 is 23.1 Å². The first-order valence-corrected chi connectivity index (χ1v) is 11.6. The standard InChI is InChI=1S/C19H23N7OS2/c1-14(27)26(16-10-11-16)18-21-22-19(29-18)28-13-7-3-6-12-25-23-17(20-24-25)15-8-4-2-5-9-15/h2,4-5,8-9,16H,3,6-7,10-13H2,1H3. The molecule has 1 amide bonds. The van der Waals surface area contributed by atoms with Crippen LogP contribution in [0.2, 0.25) is 0 Å². The number of aromatic nitrogens is 6. The van der Waals surface area contributed by atoms with Crippen molar-refractivity contribution in [3.8, 4) is 11.4 Å². The zero-order valence-corrected chi connectivity index (χ0v) is 17.9. The van der Waals surface area contributed by atoms with Crippen molar-refractivity contribution in [2.45, 2.75) is 56.0 Å². The van der Waals surface area contributed by atoms with Crippen molar-refractivity contribution in [3.63, 3.8) is 0 Å². The van der Waals surface area contributed by atoms with Crippen LogP contribution in [0.5, 0.6) is 0 Å². The Hall–Kier alpha value is -2.33. The molecule has 0 saturated heterocycles. The molecule has 2 heterocycles. The SMILES string of the molecule is CC(=O)N(c1nnc(SCCCCCn2nnc(-c3ccccc3)n2)s1)C1CC1. The number of hydrogen-bond donors (Lipinski definition) is 0. The Morgan fingerprint density at radius 2 is 2.00 bits per heavy atom. The predicted octanol–water partition coefficient (Wildman–Crippen LogP) is 3.67. The molecule has 0 atom stereocenters. The van der Waals surface area contributed by atoms with Gasteiger partial charge in [0.1, 0.15) is 0 Å². The topological polar surface area (TPSA) is 89.7 Å². The van der Waals surface area contributed by atoms with E-state index in [-0.39, 0.29) is 5.91 Å². The summed E-state index contributed by atoms with van der Waals surface area (Å²) in [5, 5.41) is 21.9. The molecule has 29 heavy (non-hydrogen) atoms. The summed E-state index contributed by atoms with van der Waals surface area (Å²) >= 11 is 3.22. The maximum atomic E-state index is 11.8. The van der Waals surface area contributed by atoms with Crippen molar-refractivity contribution in [2.24, 2.45) is 0 Å². The van der Waals surface area contributed by atoms with Gasteiger partial charge in [0.25, 0.3) is 0 Å². The van der Waals surface area contributed by atoms with E-state index in [1.54, 1.807) is 28.4 Å². The summed E-state index contributed by atoms with van der Waals surface area (Å²) in [4.78, 5) is 15.3. The summed E-state index contributed by atoms with van der Waals surface area (Å²) < 4.78 is 0.928. The van der Waals surface area contributed by atoms with Crippen LogP contribution in [0.15, 0.2) is 34.7 Å². The van der Waals surface area contributed by atoms with Gasteiger partial charge in [0.05, 0.1) is 6.54 Å². The van der Waals surface area contributed by atoms with E-state index < -0.39 is 0 Å². The number of carbonyl (C=O) groups excluding carboxylic acids is 1. The Balaban J connectivity index is 1.16. The highest BCUT2D eigenvalue weighted by Gasteiger charge is 2.34. The van der Waals surface area contributed by atoms with Crippen LogP contribution < -0.4 is 4.90 Å². The van der Waals surface area contributed by atoms with Gasteiger partial charge in [-0.05, 0) is 30.9 Å². The van der Waals surface area contributed by atoms with Gasteiger partial charge in [-0.3, -0.25) is 9.69 Å². The van der Waals surface area contributed by atoms with Gasteiger partial charge in [0, 0.05) is 24.3 Å². The summed E-state index contributed by atoms with van der Waals surface area (Å²) in [5.74, 6) is 1.70. The zero-order valence-electron chi connectivity index (χ0n) is 16.3. The Morgan fingerprint density at radius 1 is 1.17 bits per heavy atom. The third kappa shape index (κ3) is 5.39. The lowest BCUT2D eigenvalue weighted by atomic mass is 10.2. The molecule has 0 bridgehead atoms. The second kappa shape index (κ2) is 9.45. The number of hydrogen-bond acceptors (Lipinski definition) is 8. The largest absolute Gasteiger partial charge is 0.284 e. The van der Waals surface area contributed by atoms with Gasteiger partial charge >= 0.3 is 0 Å². The van der Waals surface area contributed by atoms with Gasteiger partial charge in [-0.25, -0.2) is 0 Å². The molecule has 0 N–H and O–H groups in total. The minimum Gasteiger partial charge on any atom is -0.284 e. The lowest BCUT2D eigenvalue weighted by Gasteiger charge is -2.15. The van der Waals surface area contributed by atoms with Crippen LogP contribution in [-0.4, -0.2) is 48.1 Å². The normalized spacial score (nSPS) is 13.6. The molecule has 1 saturated carbocycles. The first-order chi connectivity index (χ1) is 14.2. The highest BCUT2D eigenvalue weighted by atomic mass is 32.2. The number of unbranched alkanes of at least 4 members (excludes halogenated alkanes) is 2. The summed E-state index contributed by atoms with van der Waals surface area (Å²) in [5.41, 5.74) is 0.983. The lowest BCUT2D eigenvalue weighted by molar-refractivity contribution is -0.116. The van der Waals surface area contributed by atoms with E-state index in [1.165, 1.54) is 11.3 Å². The van der Waals surface area contributed by atoms with Gasteiger partial charge in [-0.15, -0.1) is 20.4 Å². The fourth-order valence-electron chi connectivity index (χ4n) is 2.97. The molecular formula is C19H23N7OS2. The highest BCUT2D eigenvalue weighted by molar-refractivity contribution is 8.01. The summed E-state index contributed by atoms with van der Waals surface area (Å²) in [6.07, 6.45) is 5.30. The Kier molecular flexibility index (Phi) is 6.50. The maximum Gasteiger partial charge on any atom is 0.225 e. The molecule has 1 fully saturated rings. The third-order valence-corrected chi connectivity index (χ3v) is 6.71. The second-order valence-electron chi connectivity index (χ2n) is 6.95. The number of benzene rings is 1. The molecule has 4 rings (SSSR count). The van der Waals surface area contributed by atoms with E-state index in [1.807, 2.05) is 30.3 Å². The van der Waals surface area contributed by atoms with Crippen molar-refractivity contribution < 1.29 is 4.79 Å². The van der Waals surface area contributed by atoms with E-state index in [0.717, 1.165) is 59.4 Å². The average molecular weight is 430 g/mol. The molecule has 0 unspecified atom stereocenters. The van der Waals surface area contributed by atoms with E-state index in [4.69, 9.17) is 0 Å². The molecule has 2 aromatic heterocycles. The monoisotopic (exact) mass is 429 g/mol. The number of aryl methyl sites for hydroxylation is 1. The third-order valence-electron chi connectivity index (χ3n) is 4.57. The Labute approximate surface area is 177 Å². The van der Waals surface area contributed by atoms with E-state index in [9.17, 15) is 4.79 Å². The number of amides is 1. The Bertz CT molecular complexity index is 939. The van der Waals surface area contributed by atoms with Gasteiger partial charge < -0.3 is 0 Å². The van der Waals surface area contributed by atoms with Crippen LogP contribution in [0.1, 0.15) is 39.0 Å². The minimum atomic E-state index is 0.0531. The number of thioether (sulfide) groups is 1. The van der Waals surface area contributed by atoms with Crippen LogP contribution in [0, 0.1) is 0 Å². The van der Waals surface area contributed by atoms with Crippen molar-refractivity contribution in [2.75, 3.05) is 10.7 Å². The fraction of sp³-hybridized carbons (Fsp3) is 0.474. The van der Waals surface area contributed by atoms with Crippen molar-refractivity contribution in [1.29, 1.82) is 0 Å². The van der Waals surface area contributed by atoms with Crippen LogP contribution in [0.25, 0.3) is 11.4 Å². The highest BCUT2D eigenvalue weighted by Crippen LogP contribution is 2.35. The molecule has 3 aromatic rings. The van der Waals surface area contributed by atoms with Gasteiger partial charge in [0.2, 0.25) is 16.9 Å². The molecule has 0 aliphatic heterocycles. The molecule has 152 valence electrons. The number of carbonyl (C=O) groups is 1. The van der Waals surface area contributed by atoms with Crippen molar-refractivity contribution >= 4 is 34.1 Å². The molecule has 1 aromatic carbocycles. The number of rotatable bonds is 10. The van der Waals surface area contributed by atoms with Crippen LogP contribution in [0.3, 0.4) is 0 Å². The van der Waals surface area contributed by atoms with Crippen LogP contribution in [-0.2, 0) is 11.3 Å². The molecule has 1 aliphatic carbocycles. The average Bonchev–Trinajstić information content (AvgIpc) is 3.25. The van der Waals surface area contributed by atoms with E-state index in [0.29, 0.717) is 11.9 Å². The molecule has 8 nitrogen and oxygen atoms in total. The Morgan fingerprint density at radius 3 is 2.76 bits per heavy atom. The lowest BCUT2D eigenvalue weighted by Crippen LogP contribution is -2.30. The first-order valence-electron chi connectivity index (χ1n) is 9.80. The molecule has 0 spiro atoms. The van der Waals surface area contributed by atoms with E-state index >= 15 is 0 Å². The second-order valence-corrected chi connectivity index (χ2v) is 9.25. The zero-order chi connectivity index (χ0) is 20.1. The summed E-state index contributed by atoms with van der Waals surface area (Å²) in [6, 6.07) is 10.2. The van der Waals surface area contributed by atoms with E-state index in [2.05, 4.69) is 25.6 Å². The fourth-order valence-corrected chi connectivity index (χ4v) is 5.00. The summed E-state index contributed by atoms with van der Waals surface area (Å²) in [6.45, 7) is 2.36. The number of nitrogens with zero attached hydrogens (tertiary/aromatic N) is 7. The van der Waals surface area contributed by atoms with Crippen LogP contribution in [0.4, 0.5) is 5.13 Å². The first kappa shape index (κ1) is 20.0. The van der Waals surface area contributed by atoms with Gasteiger partial charge in [0.15, 0.2) is 4.34 Å². The molecule has 0 radical (unpaired) electrons. The number of anilines is 1. The minimum absolute atomic E-state index is 0.0531. The predicted molar refractivity (Wildman–Crippen MR) is 114 cm³/mol. The molecule has 10 heteroatoms. The van der Waals surface area contributed by atoms with Gasteiger partial charge in [-0.1, -0.05) is 59.9 Å². The quantitative estimate of drug-likeness (QED) is 0.276. The number of tetrazole rings is 1. The summed E-state index contributed by atoms with van der Waals surface area (Å²) in [7, 11) is 0. The van der Waals surface area contributed by atoms with Gasteiger partial charge in [-0.2, -0.15) is 4.80 Å². The van der Waals surface area contributed by atoms with Crippen molar-refractivity contribution in [1.82, 2.24) is 30.4 Å². The maximum absolute atomic E-state index is 11.8. The molecule has 1 aliphatic rings. The smallest absolute Gasteiger partial charge is 0.225 e.